The molecule has 4 nitrogen and oxygen atoms in total. The van der Waals surface area contributed by atoms with Crippen LogP contribution in [0.15, 0.2) is 6.20 Å². The summed E-state index contributed by atoms with van der Waals surface area (Å²) < 4.78 is 0. The van der Waals surface area contributed by atoms with Crippen molar-refractivity contribution in [2.45, 2.75) is 33.2 Å². The van der Waals surface area contributed by atoms with E-state index in [-0.39, 0.29) is 0 Å². The van der Waals surface area contributed by atoms with Gasteiger partial charge in [-0.05, 0) is 25.3 Å². The highest BCUT2D eigenvalue weighted by Gasteiger charge is 2.14. The van der Waals surface area contributed by atoms with E-state index in [1.807, 2.05) is 6.20 Å². The van der Waals surface area contributed by atoms with E-state index in [0.717, 1.165) is 32.1 Å². The second kappa shape index (κ2) is 5.34. The van der Waals surface area contributed by atoms with Gasteiger partial charge in [0.2, 0.25) is 5.95 Å². The van der Waals surface area contributed by atoms with Gasteiger partial charge in [-0.3, -0.25) is 0 Å². The van der Waals surface area contributed by atoms with Gasteiger partial charge in [0.15, 0.2) is 0 Å². The molecule has 2 rings (SSSR count). The van der Waals surface area contributed by atoms with E-state index >= 15 is 0 Å². The Morgan fingerprint density at radius 2 is 2.19 bits per heavy atom. The molecular formula is C12H22N4. The van der Waals surface area contributed by atoms with Crippen LogP contribution in [0.4, 0.5) is 5.95 Å². The molecule has 0 bridgehead atoms. The molecule has 1 aromatic heterocycles. The predicted molar refractivity (Wildman–Crippen MR) is 66.6 cm³/mol. The fourth-order valence-corrected chi connectivity index (χ4v) is 2.02. The van der Waals surface area contributed by atoms with E-state index in [1.165, 1.54) is 18.5 Å². The molecule has 1 aliphatic heterocycles. The van der Waals surface area contributed by atoms with Gasteiger partial charge < -0.3 is 15.2 Å². The highest BCUT2D eigenvalue weighted by Crippen LogP contribution is 2.15. The standard InChI is InChI=1S/C12H22N4/c1-10(2)7-13-8-11-9-14-12(15-11)16-5-3-4-6-16/h9-10,13H,3-8H2,1-2H3,(H,14,15). The summed E-state index contributed by atoms with van der Waals surface area (Å²) >= 11 is 0. The molecule has 1 aliphatic rings. The smallest absolute Gasteiger partial charge is 0.202 e. The van der Waals surface area contributed by atoms with Crippen LogP contribution in [-0.4, -0.2) is 29.6 Å². The van der Waals surface area contributed by atoms with E-state index in [4.69, 9.17) is 0 Å². The minimum absolute atomic E-state index is 0.695. The molecule has 2 N–H and O–H groups in total. The van der Waals surface area contributed by atoms with E-state index in [2.05, 4.69) is 34.0 Å². The average molecular weight is 222 g/mol. The van der Waals surface area contributed by atoms with Crippen LogP contribution in [0.2, 0.25) is 0 Å². The molecule has 0 unspecified atom stereocenters. The summed E-state index contributed by atoms with van der Waals surface area (Å²) in [4.78, 5) is 10.1. The van der Waals surface area contributed by atoms with Gasteiger partial charge in [-0.1, -0.05) is 13.8 Å². The monoisotopic (exact) mass is 222 g/mol. The summed E-state index contributed by atoms with van der Waals surface area (Å²) in [5, 5.41) is 3.42. The van der Waals surface area contributed by atoms with Crippen LogP contribution >= 0.6 is 0 Å². The Labute approximate surface area is 97.4 Å². The predicted octanol–water partition coefficient (Wildman–Crippen LogP) is 1.76. The summed E-state index contributed by atoms with van der Waals surface area (Å²) in [6.45, 7) is 8.67. The quantitative estimate of drug-likeness (QED) is 0.798. The first-order valence-corrected chi connectivity index (χ1v) is 6.25. The van der Waals surface area contributed by atoms with Crippen LogP contribution in [-0.2, 0) is 6.54 Å². The molecule has 1 aromatic rings. The Hall–Kier alpha value is -1.03. The first kappa shape index (κ1) is 11.5. The van der Waals surface area contributed by atoms with Gasteiger partial charge >= 0.3 is 0 Å². The van der Waals surface area contributed by atoms with Gasteiger partial charge in [-0.2, -0.15) is 0 Å². The zero-order chi connectivity index (χ0) is 11.4. The van der Waals surface area contributed by atoms with Crippen molar-refractivity contribution in [2.24, 2.45) is 5.92 Å². The topological polar surface area (TPSA) is 44.0 Å². The first-order chi connectivity index (χ1) is 7.75. The van der Waals surface area contributed by atoms with E-state index < -0.39 is 0 Å². The fraction of sp³-hybridized carbons (Fsp3) is 0.750. The zero-order valence-electron chi connectivity index (χ0n) is 10.3. The van der Waals surface area contributed by atoms with Gasteiger partial charge in [0.1, 0.15) is 0 Å². The maximum atomic E-state index is 4.43. The SMILES string of the molecule is CC(C)CNCc1cnc(N2CCCC2)[nH]1. The third kappa shape index (κ3) is 2.98. The van der Waals surface area contributed by atoms with E-state index in [0.29, 0.717) is 5.92 Å². The number of nitrogens with one attached hydrogen (secondary N) is 2. The van der Waals surface area contributed by atoms with Crippen LogP contribution in [0.25, 0.3) is 0 Å². The molecular weight excluding hydrogens is 200 g/mol. The molecule has 0 atom stereocenters. The molecule has 0 amide bonds. The normalized spacial score (nSPS) is 16.3. The number of imidazole rings is 1. The van der Waals surface area contributed by atoms with Crippen molar-refractivity contribution in [1.29, 1.82) is 0 Å². The van der Waals surface area contributed by atoms with Gasteiger partial charge in [0.05, 0.1) is 11.9 Å². The number of rotatable bonds is 5. The summed E-state index contributed by atoms with van der Waals surface area (Å²) in [7, 11) is 0. The molecule has 1 fully saturated rings. The molecule has 0 spiro atoms. The molecule has 90 valence electrons. The molecule has 0 aliphatic carbocycles. The summed E-state index contributed by atoms with van der Waals surface area (Å²) in [5.74, 6) is 1.74. The van der Waals surface area contributed by atoms with Crippen LogP contribution in [0, 0.1) is 5.92 Å². The second-order valence-electron chi connectivity index (χ2n) is 4.95. The minimum Gasteiger partial charge on any atom is -0.342 e. The first-order valence-electron chi connectivity index (χ1n) is 6.25. The lowest BCUT2D eigenvalue weighted by atomic mass is 10.2. The van der Waals surface area contributed by atoms with Crippen molar-refractivity contribution in [3.63, 3.8) is 0 Å². The van der Waals surface area contributed by atoms with E-state index in [1.54, 1.807) is 0 Å². The minimum atomic E-state index is 0.695. The third-order valence-electron chi connectivity index (χ3n) is 2.89. The summed E-state index contributed by atoms with van der Waals surface area (Å²) in [6.07, 6.45) is 4.53. The van der Waals surface area contributed by atoms with Crippen LogP contribution in [0.5, 0.6) is 0 Å². The summed E-state index contributed by atoms with van der Waals surface area (Å²) in [5.41, 5.74) is 1.18. The van der Waals surface area contributed by atoms with Gasteiger partial charge in [-0.15, -0.1) is 0 Å². The largest absolute Gasteiger partial charge is 0.342 e. The fourth-order valence-electron chi connectivity index (χ4n) is 2.02. The molecule has 2 heterocycles. The maximum Gasteiger partial charge on any atom is 0.202 e. The van der Waals surface area contributed by atoms with Crippen molar-refractivity contribution in [3.8, 4) is 0 Å². The van der Waals surface area contributed by atoms with Crippen molar-refractivity contribution in [1.82, 2.24) is 15.3 Å². The van der Waals surface area contributed by atoms with Crippen molar-refractivity contribution >= 4 is 5.95 Å². The molecule has 1 saturated heterocycles. The Kier molecular flexibility index (Phi) is 3.83. The lowest BCUT2D eigenvalue weighted by Crippen LogP contribution is -2.20. The van der Waals surface area contributed by atoms with Gasteiger partial charge in [0, 0.05) is 19.6 Å². The van der Waals surface area contributed by atoms with Crippen molar-refractivity contribution in [2.75, 3.05) is 24.5 Å². The Balaban J connectivity index is 1.82. The molecule has 0 saturated carbocycles. The lowest BCUT2D eigenvalue weighted by molar-refractivity contribution is 0.549. The number of nitrogens with zero attached hydrogens (tertiary/aromatic N) is 2. The highest BCUT2D eigenvalue weighted by atomic mass is 15.3. The molecule has 0 radical (unpaired) electrons. The summed E-state index contributed by atoms with van der Waals surface area (Å²) in [6, 6.07) is 0. The molecule has 16 heavy (non-hydrogen) atoms. The van der Waals surface area contributed by atoms with Gasteiger partial charge in [0.25, 0.3) is 0 Å². The Morgan fingerprint density at radius 3 is 2.88 bits per heavy atom. The highest BCUT2D eigenvalue weighted by molar-refractivity contribution is 5.32. The van der Waals surface area contributed by atoms with Crippen LogP contribution in [0.3, 0.4) is 0 Å². The number of aromatic amines is 1. The average Bonchev–Trinajstić information content (AvgIpc) is 2.85. The number of anilines is 1. The van der Waals surface area contributed by atoms with Crippen molar-refractivity contribution < 1.29 is 0 Å². The van der Waals surface area contributed by atoms with Crippen LogP contribution < -0.4 is 10.2 Å². The Bertz CT molecular complexity index is 313. The number of aromatic nitrogens is 2. The number of H-pyrrole nitrogens is 1. The molecule has 0 aromatic carbocycles. The third-order valence-corrected chi connectivity index (χ3v) is 2.89. The second-order valence-corrected chi connectivity index (χ2v) is 4.95. The number of hydrogen-bond acceptors (Lipinski definition) is 3. The Morgan fingerprint density at radius 1 is 1.44 bits per heavy atom. The van der Waals surface area contributed by atoms with Crippen LogP contribution in [0.1, 0.15) is 32.4 Å². The lowest BCUT2D eigenvalue weighted by Gasteiger charge is -2.12. The van der Waals surface area contributed by atoms with Gasteiger partial charge in [-0.25, -0.2) is 4.98 Å². The zero-order valence-corrected chi connectivity index (χ0v) is 10.3. The van der Waals surface area contributed by atoms with Crippen molar-refractivity contribution in [3.05, 3.63) is 11.9 Å². The molecule has 4 heteroatoms. The maximum absolute atomic E-state index is 4.43. The van der Waals surface area contributed by atoms with E-state index in [9.17, 15) is 0 Å². The number of hydrogen-bond donors (Lipinski definition) is 2.